The minimum atomic E-state index is 0. The van der Waals surface area contributed by atoms with E-state index in [-0.39, 0.29) is 12.4 Å². The Labute approximate surface area is 142 Å². The summed E-state index contributed by atoms with van der Waals surface area (Å²) in [5.74, 6) is 0. The van der Waals surface area contributed by atoms with E-state index in [2.05, 4.69) is 45.9 Å². The SMILES string of the molecule is Cl.c1ccc(-c2nc(CN3CCC4CCC(C3)N4)cs2)cc1. The number of hydrogen-bond donors (Lipinski definition) is 1. The van der Waals surface area contributed by atoms with Crippen LogP contribution in [-0.2, 0) is 6.54 Å². The van der Waals surface area contributed by atoms with Gasteiger partial charge in [0.1, 0.15) is 5.01 Å². The van der Waals surface area contributed by atoms with Crippen molar-refractivity contribution in [3.63, 3.8) is 0 Å². The number of rotatable bonds is 3. The summed E-state index contributed by atoms with van der Waals surface area (Å²) in [6, 6.07) is 11.9. The highest BCUT2D eigenvalue weighted by Crippen LogP contribution is 2.25. The van der Waals surface area contributed by atoms with E-state index in [9.17, 15) is 0 Å². The van der Waals surface area contributed by atoms with E-state index in [0.717, 1.165) is 17.6 Å². The molecular weight excluding hydrogens is 314 g/mol. The molecule has 118 valence electrons. The number of hydrogen-bond acceptors (Lipinski definition) is 4. The third kappa shape index (κ3) is 3.51. The van der Waals surface area contributed by atoms with E-state index >= 15 is 0 Å². The summed E-state index contributed by atoms with van der Waals surface area (Å²) in [5, 5.41) is 7.10. The highest BCUT2D eigenvalue weighted by Gasteiger charge is 2.29. The summed E-state index contributed by atoms with van der Waals surface area (Å²) < 4.78 is 0. The molecule has 2 saturated heterocycles. The zero-order chi connectivity index (χ0) is 14.1. The fourth-order valence-corrected chi connectivity index (χ4v) is 4.30. The van der Waals surface area contributed by atoms with Gasteiger partial charge in [0.25, 0.3) is 0 Å². The van der Waals surface area contributed by atoms with Gasteiger partial charge in [0.2, 0.25) is 0 Å². The standard InChI is InChI=1S/C17H21N3S.ClH/c1-2-4-13(5-3-1)17-19-16(12-21-17)11-20-9-8-14-6-7-15(10-20)18-14;/h1-5,12,14-15,18H,6-11H2;1H. The Balaban J connectivity index is 0.00000144. The molecule has 0 amide bonds. The second-order valence-corrected chi connectivity index (χ2v) is 7.03. The largest absolute Gasteiger partial charge is 0.310 e. The number of nitrogens with zero attached hydrogens (tertiary/aromatic N) is 2. The number of benzene rings is 1. The third-order valence-electron chi connectivity index (χ3n) is 4.57. The van der Waals surface area contributed by atoms with Gasteiger partial charge in [-0.3, -0.25) is 4.90 Å². The van der Waals surface area contributed by atoms with Gasteiger partial charge in [-0.2, -0.15) is 0 Å². The lowest BCUT2D eigenvalue weighted by Gasteiger charge is -2.22. The molecule has 2 atom stereocenters. The van der Waals surface area contributed by atoms with Gasteiger partial charge in [0.15, 0.2) is 0 Å². The van der Waals surface area contributed by atoms with E-state index in [1.165, 1.54) is 43.6 Å². The van der Waals surface area contributed by atoms with Crippen molar-refractivity contribution in [2.75, 3.05) is 13.1 Å². The van der Waals surface area contributed by atoms with Gasteiger partial charge in [-0.15, -0.1) is 23.7 Å². The number of nitrogens with one attached hydrogen (secondary N) is 1. The molecular formula is C17H22ClN3S. The van der Waals surface area contributed by atoms with E-state index in [4.69, 9.17) is 4.98 Å². The van der Waals surface area contributed by atoms with E-state index in [0.29, 0.717) is 6.04 Å². The van der Waals surface area contributed by atoms with Gasteiger partial charge in [-0.25, -0.2) is 4.98 Å². The van der Waals surface area contributed by atoms with Crippen molar-refractivity contribution < 1.29 is 0 Å². The summed E-state index contributed by atoms with van der Waals surface area (Å²) in [7, 11) is 0. The first kappa shape index (κ1) is 15.9. The zero-order valence-electron chi connectivity index (χ0n) is 12.6. The van der Waals surface area contributed by atoms with Crippen LogP contribution in [0.5, 0.6) is 0 Å². The van der Waals surface area contributed by atoms with Gasteiger partial charge < -0.3 is 5.32 Å². The van der Waals surface area contributed by atoms with Crippen LogP contribution >= 0.6 is 23.7 Å². The lowest BCUT2D eigenvalue weighted by atomic mass is 10.1. The van der Waals surface area contributed by atoms with Crippen molar-refractivity contribution in [3.05, 3.63) is 41.4 Å². The average molecular weight is 336 g/mol. The normalized spacial score (nSPS) is 24.7. The number of likely N-dealkylation sites (tertiary alicyclic amines) is 1. The molecule has 2 bridgehead atoms. The third-order valence-corrected chi connectivity index (χ3v) is 5.51. The lowest BCUT2D eigenvalue weighted by Crippen LogP contribution is -2.35. The lowest BCUT2D eigenvalue weighted by molar-refractivity contribution is 0.248. The number of aromatic nitrogens is 1. The van der Waals surface area contributed by atoms with Crippen molar-refractivity contribution in [1.29, 1.82) is 0 Å². The van der Waals surface area contributed by atoms with Crippen LogP contribution in [-0.4, -0.2) is 35.1 Å². The monoisotopic (exact) mass is 335 g/mol. The summed E-state index contributed by atoms with van der Waals surface area (Å²) in [6.07, 6.45) is 3.99. The van der Waals surface area contributed by atoms with Crippen molar-refractivity contribution in [2.24, 2.45) is 0 Å². The molecule has 1 aromatic carbocycles. The Bertz CT molecular complexity index is 601. The maximum atomic E-state index is 4.82. The first-order valence-electron chi connectivity index (χ1n) is 7.85. The Kier molecular flexibility index (Phi) is 5.14. The quantitative estimate of drug-likeness (QED) is 0.929. The number of thiazole rings is 1. The van der Waals surface area contributed by atoms with Crippen LogP contribution in [0.2, 0.25) is 0 Å². The van der Waals surface area contributed by atoms with Crippen molar-refractivity contribution >= 4 is 23.7 Å². The van der Waals surface area contributed by atoms with Crippen LogP contribution in [0.3, 0.4) is 0 Å². The van der Waals surface area contributed by atoms with Gasteiger partial charge in [0.05, 0.1) is 5.69 Å². The molecule has 3 heterocycles. The number of fused-ring (bicyclic) bond motifs is 2. The molecule has 1 N–H and O–H groups in total. The zero-order valence-corrected chi connectivity index (χ0v) is 14.2. The van der Waals surface area contributed by atoms with E-state index in [1.54, 1.807) is 11.3 Å². The molecule has 2 fully saturated rings. The Hall–Kier alpha value is -0.940. The Morgan fingerprint density at radius 2 is 1.95 bits per heavy atom. The van der Waals surface area contributed by atoms with Gasteiger partial charge in [-0.1, -0.05) is 30.3 Å². The van der Waals surface area contributed by atoms with Gasteiger partial charge >= 0.3 is 0 Å². The highest BCUT2D eigenvalue weighted by molar-refractivity contribution is 7.13. The van der Waals surface area contributed by atoms with Crippen LogP contribution in [0.25, 0.3) is 10.6 Å². The van der Waals surface area contributed by atoms with Crippen LogP contribution in [0.1, 0.15) is 25.0 Å². The second-order valence-electron chi connectivity index (χ2n) is 6.17. The van der Waals surface area contributed by atoms with Gasteiger partial charge in [-0.05, 0) is 19.3 Å². The van der Waals surface area contributed by atoms with Crippen LogP contribution in [0.15, 0.2) is 35.7 Å². The fraction of sp³-hybridized carbons (Fsp3) is 0.471. The molecule has 5 heteroatoms. The van der Waals surface area contributed by atoms with E-state index < -0.39 is 0 Å². The molecule has 0 radical (unpaired) electrons. The second kappa shape index (κ2) is 7.09. The maximum Gasteiger partial charge on any atom is 0.123 e. The summed E-state index contributed by atoms with van der Waals surface area (Å²) in [5.41, 5.74) is 2.45. The van der Waals surface area contributed by atoms with Crippen molar-refractivity contribution in [3.8, 4) is 10.6 Å². The molecule has 4 rings (SSSR count). The number of halogens is 1. The molecule has 22 heavy (non-hydrogen) atoms. The predicted octanol–water partition coefficient (Wildman–Crippen LogP) is 3.56. The minimum absolute atomic E-state index is 0. The van der Waals surface area contributed by atoms with Crippen molar-refractivity contribution in [2.45, 2.75) is 37.9 Å². The Morgan fingerprint density at radius 3 is 2.82 bits per heavy atom. The fourth-order valence-electron chi connectivity index (χ4n) is 3.48. The summed E-state index contributed by atoms with van der Waals surface area (Å²) >= 11 is 1.76. The van der Waals surface area contributed by atoms with Gasteiger partial charge in [0, 0.05) is 42.7 Å². The first-order valence-corrected chi connectivity index (χ1v) is 8.73. The molecule has 0 saturated carbocycles. The van der Waals surface area contributed by atoms with Crippen LogP contribution < -0.4 is 5.32 Å². The molecule has 2 aliphatic heterocycles. The Morgan fingerprint density at radius 1 is 1.14 bits per heavy atom. The molecule has 1 aromatic heterocycles. The summed E-state index contributed by atoms with van der Waals surface area (Å²) in [4.78, 5) is 7.39. The van der Waals surface area contributed by atoms with Crippen LogP contribution in [0, 0.1) is 0 Å². The average Bonchev–Trinajstić information content (AvgIpc) is 3.09. The minimum Gasteiger partial charge on any atom is -0.310 e. The molecule has 2 aliphatic rings. The molecule has 0 spiro atoms. The smallest absolute Gasteiger partial charge is 0.123 e. The van der Waals surface area contributed by atoms with Crippen molar-refractivity contribution in [1.82, 2.24) is 15.2 Å². The highest BCUT2D eigenvalue weighted by atomic mass is 35.5. The first-order chi connectivity index (χ1) is 10.4. The van der Waals surface area contributed by atoms with Crippen LogP contribution in [0.4, 0.5) is 0 Å². The maximum absolute atomic E-state index is 4.82. The molecule has 0 aliphatic carbocycles. The molecule has 3 nitrogen and oxygen atoms in total. The predicted molar refractivity (Wildman–Crippen MR) is 94.6 cm³/mol. The molecule has 2 unspecified atom stereocenters. The van der Waals surface area contributed by atoms with E-state index in [1.807, 2.05) is 0 Å². The molecule has 2 aromatic rings. The summed E-state index contributed by atoms with van der Waals surface area (Å²) in [6.45, 7) is 3.37. The topological polar surface area (TPSA) is 28.2 Å².